The Labute approximate surface area is 164 Å². The van der Waals surface area contributed by atoms with Gasteiger partial charge in [0.25, 0.3) is 0 Å². The molecule has 2 N–H and O–H groups in total. The molecule has 5 atom stereocenters. The van der Waals surface area contributed by atoms with Gasteiger partial charge in [-0.2, -0.15) is 4.31 Å². The van der Waals surface area contributed by atoms with Crippen LogP contribution in [0.4, 0.5) is 8.78 Å². The van der Waals surface area contributed by atoms with Crippen LogP contribution in [0, 0.1) is 17.6 Å². The molecule has 1 aromatic rings. The molecule has 28 heavy (non-hydrogen) atoms. The van der Waals surface area contributed by atoms with Crippen LogP contribution >= 0.6 is 0 Å². The summed E-state index contributed by atoms with van der Waals surface area (Å²) in [5.74, 6) is -0.715. The summed E-state index contributed by atoms with van der Waals surface area (Å²) >= 11 is 0. The maximum atomic E-state index is 14.1. The zero-order valence-corrected chi connectivity index (χ0v) is 16.7. The van der Waals surface area contributed by atoms with Gasteiger partial charge in [-0.25, -0.2) is 17.2 Å². The van der Waals surface area contributed by atoms with Crippen molar-refractivity contribution >= 4 is 10.0 Å². The van der Waals surface area contributed by atoms with Gasteiger partial charge in [0.15, 0.2) is 0 Å². The van der Waals surface area contributed by atoms with Gasteiger partial charge in [0, 0.05) is 43.3 Å². The van der Waals surface area contributed by atoms with Crippen molar-refractivity contribution in [1.29, 1.82) is 0 Å². The topological polar surface area (TPSA) is 75.9 Å². The Kier molecular flexibility index (Phi) is 5.47. The monoisotopic (exact) mass is 415 g/mol. The van der Waals surface area contributed by atoms with E-state index < -0.39 is 33.8 Å². The Bertz CT molecular complexity index is 838. The lowest BCUT2D eigenvalue weighted by Crippen LogP contribution is -2.50. The number of fused-ring (bicyclic) bond motifs is 1. The number of hydrogen-bond donors (Lipinski definition) is 1. The average Bonchev–Trinajstić information content (AvgIpc) is 3.07. The summed E-state index contributed by atoms with van der Waals surface area (Å²) < 4.78 is 59.4. The molecule has 3 aliphatic rings. The van der Waals surface area contributed by atoms with E-state index in [-0.39, 0.29) is 17.6 Å². The normalized spacial score (nSPS) is 35.1. The molecule has 2 unspecified atom stereocenters. The summed E-state index contributed by atoms with van der Waals surface area (Å²) in [6, 6.07) is 2.92. The quantitative estimate of drug-likeness (QED) is 0.809. The van der Waals surface area contributed by atoms with Crippen LogP contribution in [0.3, 0.4) is 0 Å². The van der Waals surface area contributed by atoms with Gasteiger partial charge in [-0.3, -0.25) is 4.90 Å². The molecule has 6 nitrogen and oxygen atoms in total. The fourth-order valence-electron chi connectivity index (χ4n) is 5.03. The van der Waals surface area contributed by atoms with E-state index in [0.29, 0.717) is 32.0 Å². The summed E-state index contributed by atoms with van der Waals surface area (Å²) in [4.78, 5) is 2.26. The average molecular weight is 416 g/mol. The van der Waals surface area contributed by atoms with Crippen LogP contribution in [0.2, 0.25) is 0 Å². The van der Waals surface area contributed by atoms with Crippen LogP contribution in [0.5, 0.6) is 0 Å². The SMILES string of the molecule is CS(=O)(=O)N1CCCC2CN([C@H]3CO[C@H](c4cc(F)ccc4F)[C@@H](N)C3)CC21. The third-order valence-corrected chi connectivity index (χ3v) is 7.67. The number of piperidine rings is 1. The summed E-state index contributed by atoms with van der Waals surface area (Å²) in [6.45, 7) is 2.43. The lowest BCUT2D eigenvalue weighted by atomic mass is 9.93. The lowest BCUT2D eigenvalue weighted by molar-refractivity contribution is -0.0480. The number of ether oxygens (including phenoxy) is 1. The molecule has 3 saturated heterocycles. The van der Waals surface area contributed by atoms with Crippen molar-refractivity contribution in [3.63, 3.8) is 0 Å². The zero-order chi connectivity index (χ0) is 20.1. The van der Waals surface area contributed by atoms with Gasteiger partial charge in [-0.05, 0) is 43.4 Å². The minimum atomic E-state index is -3.23. The summed E-state index contributed by atoms with van der Waals surface area (Å²) in [5, 5.41) is 0. The highest BCUT2D eigenvalue weighted by atomic mass is 32.2. The minimum Gasteiger partial charge on any atom is -0.370 e. The van der Waals surface area contributed by atoms with E-state index in [1.165, 1.54) is 6.26 Å². The first-order valence-corrected chi connectivity index (χ1v) is 11.6. The molecule has 4 rings (SSSR count). The number of nitrogens with zero attached hydrogens (tertiary/aromatic N) is 2. The van der Waals surface area contributed by atoms with Crippen LogP contribution in [0.25, 0.3) is 0 Å². The van der Waals surface area contributed by atoms with E-state index in [1.807, 2.05) is 0 Å². The van der Waals surface area contributed by atoms with Gasteiger partial charge in [-0.1, -0.05) is 0 Å². The second-order valence-electron chi connectivity index (χ2n) is 8.27. The van der Waals surface area contributed by atoms with Crippen molar-refractivity contribution in [2.24, 2.45) is 11.7 Å². The molecule has 0 aromatic heterocycles. The second kappa shape index (κ2) is 7.60. The molecule has 0 amide bonds. The molecular formula is C19H27F2N3O3S. The number of hydrogen-bond acceptors (Lipinski definition) is 5. The van der Waals surface area contributed by atoms with Crippen LogP contribution in [-0.2, 0) is 14.8 Å². The highest BCUT2D eigenvalue weighted by Crippen LogP contribution is 2.36. The van der Waals surface area contributed by atoms with E-state index in [2.05, 4.69) is 4.90 Å². The highest BCUT2D eigenvalue weighted by Gasteiger charge is 2.45. The maximum Gasteiger partial charge on any atom is 0.211 e. The smallest absolute Gasteiger partial charge is 0.211 e. The molecule has 156 valence electrons. The molecule has 0 radical (unpaired) electrons. The van der Waals surface area contributed by atoms with E-state index in [4.69, 9.17) is 10.5 Å². The van der Waals surface area contributed by atoms with E-state index >= 15 is 0 Å². The van der Waals surface area contributed by atoms with Crippen molar-refractivity contribution in [3.8, 4) is 0 Å². The highest BCUT2D eigenvalue weighted by molar-refractivity contribution is 7.88. The number of halogens is 2. The summed E-state index contributed by atoms with van der Waals surface area (Å²) in [7, 11) is -3.23. The van der Waals surface area contributed by atoms with E-state index in [0.717, 1.165) is 37.6 Å². The van der Waals surface area contributed by atoms with Gasteiger partial charge in [-0.15, -0.1) is 0 Å². The molecule has 3 aliphatic heterocycles. The molecule has 0 saturated carbocycles. The largest absolute Gasteiger partial charge is 0.370 e. The molecule has 0 aliphatic carbocycles. The number of sulfonamides is 1. The van der Waals surface area contributed by atoms with E-state index in [9.17, 15) is 17.2 Å². The Morgan fingerprint density at radius 1 is 1.25 bits per heavy atom. The molecule has 0 spiro atoms. The maximum absolute atomic E-state index is 14.1. The lowest BCUT2D eigenvalue weighted by Gasteiger charge is -2.39. The number of nitrogens with two attached hydrogens (primary N) is 1. The molecule has 0 bridgehead atoms. The minimum absolute atomic E-state index is 0.00152. The van der Waals surface area contributed by atoms with Crippen LogP contribution in [0.1, 0.15) is 30.9 Å². The predicted octanol–water partition coefficient (Wildman–Crippen LogP) is 1.48. The Morgan fingerprint density at radius 3 is 2.75 bits per heavy atom. The molecule has 3 fully saturated rings. The van der Waals surface area contributed by atoms with E-state index in [1.54, 1.807) is 4.31 Å². The van der Waals surface area contributed by atoms with Crippen molar-refractivity contribution in [2.45, 2.75) is 43.5 Å². The third-order valence-electron chi connectivity index (χ3n) is 6.37. The van der Waals surface area contributed by atoms with Crippen molar-refractivity contribution in [3.05, 3.63) is 35.4 Å². The first kappa shape index (κ1) is 20.2. The summed E-state index contributed by atoms with van der Waals surface area (Å²) in [6.07, 6.45) is 3.09. The predicted molar refractivity (Wildman–Crippen MR) is 101 cm³/mol. The Morgan fingerprint density at radius 2 is 2.04 bits per heavy atom. The molecule has 3 heterocycles. The molecule has 1 aromatic carbocycles. The van der Waals surface area contributed by atoms with Crippen LogP contribution in [-0.4, -0.2) is 68.2 Å². The molecule has 9 heteroatoms. The van der Waals surface area contributed by atoms with Crippen molar-refractivity contribution in [2.75, 3.05) is 32.5 Å². The standard InChI is InChI=1S/C19H27F2N3O3S/c1-28(25,26)24-6-2-3-12-9-23(10-18(12)24)14-8-17(22)19(27-11-14)15-7-13(20)4-5-16(15)21/h4-5,7,12,14,17-19H,2-3,6,8-11,22H2,1H3/t12?,14-,17+,18?,19-/m1/s1. The van der Waals surface area contributed by atoms with Gasteiger partial charge in [0.05, 0.1) is 12.9 Å². The second-order valence-corrected chi connectivity index (χ2v) is 10.2. The Hall–Kier alpha value is -1.13. The zero-order valence-electron chi connectivity index (χ0n) is 15.9. The number of likely N-dealkylation sites (tertiary alicyclic amines) is 1. The van der Waals surface area contributed by atoms with Gasteiger partial charge in [0.2, 0.25) is 10.0 Å². The van der Waals surface area contributed by atoms with Gasteiger partial charge in [0.1, 0.15) is 17.7 Å². The Balaban J connectivity index is 1.44. The molecular weight excluding hydrogens is 388 g/mol. The fourth-order valence-corrected chi connectivity index (χ4v) is 6.22. The van der Waals surface area contributed by atoms with Crippen molar-refractivity contribution < 1.29 is 21.9 Å². The van der Waals surface area contributed by atoms with Gasteiger partial charge < -0.3 is 10.5 Å². The van der Waals surface area contributed by atoms with Gasteiger partial charge >= 0.3 is 0 Å². The number of rotatable bonds is 3. The van der Waals surface area contributed by atoms with Crippen LogP contribution < -0.4 is 5.73 Å². The first-order valence-electron chi connectivity index (χ1n) is 9.77. The number of benzene rings is 1. The summed E-state index contributed by atoms with van der Waals surface area (Å²) in [5.41, 5.74) is 6.44. The third kappa shape index (κ3) is 3.82. The van der Waals surface area contributed by atoms with Crippen molar-refractivity contribution in [1.82, 2.24) is 9.21 Å². The fraction of sp³-hybridized carbons (Fsp3) is 0.684. The first-order chi connectivity index (χ1) is 13.2. The van der Waals surface area contributed by atoms with Crippen LogP contribution in [0.15, 0.2) is 18.2 Å².